The lowest BCUT2D eigenvalue weighted by molar-refractivity contribution is -0.161. The van der Waals surface area contributed by atoms with Crippen molar-refractivity contribution >= 4 is 5.97 Å². The van der Waals surface area contributed by atoms with Crippen molar-refractivity contribution in [1.29, 1.82) is 0 Å². The minimum atomic E-state index is -0.273. The average Bonchev–Trinajstić information content (AvgIpc) is 2.05. The Morgan fingerprint density at radius 3 is 3.25 bits per heavy atom. The number of hydrogen-bond acceptors (Lipinski definition) is 3. The van der Waals surface area contributed by atoms with Crippen LogP contribution in [0.1, 0.15) is 13.3 Å². The maximum Gasteiger partial charge on any atom is 0.344 e. The van der Waals surface area contributed by atoms with Gasteiger partial charge in [-0.3, -0.25) is 0 Å². The zero-order valence-corrected chi connectivity index (χ0v) is 6.87. The third-order valence-corrected chi connectivity index (χ3v) is 1.97. The van der Waals surface area contributed by atoms with E-state index < -0.39 is 0 Å². The van der Waals surface area contributed by atoms with Crippen LogP contribution < -0.4 is 0 Å². The van der Waals surface area contributed by atoms with Gasteiger partial charge < -0.3 is 9.47 Å². The summed E-state index contributed by atoms with van der Waals surface area (Å²) in [7, 11) is 0. The van der Waals surface area contributed by atoms with Gasteiger partial charge >= 0.3 is 5.97 Å². The van der Waals surface area contributed by atoms with Crippen molar-refractivity contribution in [3.63, 3.8) is 0 Å². The van der Waals surface area contributed by atoms with Gasteiger partial charge in [0.2, 0.25) is 0 Å². The molecular formula is C9H10O3. The summed E-state index contributed by atoms with van der Waals surface area (Å²) in [5, 5.41) is 0. The highest BCUT2D eigenvalue weighted by atomic mass is 16.6. The van der Waals surface area contributed by atoms with E-state index in [0.717, 1.165) is 12.2 Å². The maximum atomic E-state index is 10.8. The fourth-order valence-electron chi connectivity index (χ4n) is 1.36. The van der Waals surface area contributed by atoms with E-state index in [-0.39, 0.29) is 18.7 Å². The number of ether oxygens (including phenoxy) is 2. The van der Waals surface area contributed by atoms with Gasteiger partial charge in [0.1, 0.15) is 5.76 Å². The zero-order chi connectivity index (χ0) is 8.55. The molecule has 0 aromatic heterocycles. The molecule has 3 heteroatoms. The molecule has 0 bridgehead atoms. The molecule has 3 nitrogen and oxygen atoms in total. The number of rotatable bonds is 0. The fraction of sp³-hybridized carbons (Fsp3) is 0.444. The predicted octanol–water partition coefficient (Wildman–Crippen LogP) is 1.16. The molecule has 1 unspecified atom stereocenters. The number of carbonyl (C=O) groups is 1. The third-order valence-electron chi connectivity index (χ3n) is 1.97. The molecule has 0 N–H and O–H groups in total. The lowest BCUT2D eigenvalue weighted by Crippen LogP contribution is -2.31. The van der Waals surface area contributed by atoms with E-state index in [1.54, 1.807) is 0 Å². The highest BCUT2D eigenvalue weighted by Gasteiger charge is 2.27. The summed E-state index contributed by atoms with van der Waals surface area (Å²) in [5.74, 6) is 0.514. The Morgan fingerprint density at radius 1 is 1.58 bits per heavy atom. The first kappa shape index (κ1) is 7.40. The van der Waals surface area contributed by atoms with Crippen LogP contribution in [-0.4, -0.2) is 18.7 Å². The van der Waals surface area contributed by atoms with Crippen LogP contribution in [0.3, 0.4) is 0 Å². The van der Waals surface area contributed by atoms with E-state index in [1.165, 1.54) is 5.57 Å². The summed E-state index contributed by atoms with van der Waals surface area (Å²) in [5.41, 5.74) is 1.17. The van der Waals surface area contributed by atoms with E-state index >= 15 is 0 Å². The summed E-state index contributed by atoms with van der Waals surface area (Å²) < 4.78 is 10.3. The van der Waals surface area contributed by atoms with Crippen molar-refractivity contribution < 1.29 is 14.3 Å². The van der Waals surface area contributed by atoms with E-state index in [9.17, 15) is 4.79 Å². The van der Waals surface area contributed by atoms with Crippen LogP contribution in [0.15, 0.2) is 23.5 Å². The van der Waals surface area contributed by atoms with Crippen LogP contribution in [0.25, 0.3) is 0 Å². The molecule has 12 heavy (non-hydrogen) atoms. The van der Waals surface area contributed by atoms with Gasteiger partial charge in [-0.25, -0.2) is 4.79 Å². The Labute approximate surface area is 70.7 Å². The van der Waals surface area contributed by atoms with Crippen LogP contribution in [0.4, 0.5) is 0 Å². The fourth-order valence-corrected chi connectivity index (χ4v) is 1.36. The molecular weight excluding hydrogens is 156 g/mol. The number of allylic oxidation sites excluding steroid dienone is 2. The summed E-state index contributed by atoms with van der Waals surface area (Å²) in [6, 6.07) is 0. The Kier molecular flexibility index (Phi) is 1.64. The second kappa shape index (κ2) is 2.66. The largest absolute Gasteiger partial charge is 0.482 e. The molecule has 2 rings (SSSR count). The quantitative estimate of drug-likeness (QED) is 0.506. The maximum absolute atomic E-state index is 10.8. The Morgan fingerprint density at radius 2 is 2.42 bits per heavy atom. The van der Waals surface area contributed by atoms with Crippen LogP contribution in [0.5, 0.6) is 0 Å². The number of carbonyl (C=O) groups excluding carboxylic acids is 1. The normalized spacial score (nSPS) is 27.8. The Hall–Kier alpha value is -1.25. The molecule has 1 aliphatic carbocycles. The van der Waals surface area contributed by atoms with Crippen molar-refractivity contribution in [3.05, 3.63) is 23.5 Å². The molecule has 0 amide bonds. The molecule has 1 atom stereocenters. The number of esters is 1. The van der Waals surface area contributed by atoms with E-state index in [4.69, 9.17) is 9.47 Å². The average molecular weight is 166 g/mol. The molecule has 64 valence electrons. The molecule has 0 spiro atoms. The highest BCUT2D eigenvalue weighted by Crippen LogP contribution is 2.24. The molecule has 2 aliphatic rings. The molecule has 0 aromatic carbocycles. The van der Waals surface area contributed by atoms with Gasteiger partial charge in [-0.05, 0) is 13.0 Å². The lowest BCUT2D eigenvalue weighted by Gasteiger charge is -2.27. The first-order valence-corrected chi connectivity index (χ1v) is 3.96. The minimum Gasteiger partial charge on any atom is -0.482 e. The molecule has 1 heterocycles. The van der Waals surface area contributed by atoms with Gasteiger partial charge in [0.05, 0.1) is 0 Å². The first-order valence-electron chi connectivity index (χ1n) is 3.96. The van der Waals surface area contributed by atoms with E-state index in [0.29, 0.717) is 0 Å². The second-order valence-corrected chi connectivity index (χ2v) is 3.00. The summed E-state index contributed by atoms with van der Waals surface area (Å²) in [6.45, 7) is 2.05. The summed E-state index contributed by atoms with van der Waals surface area (Å²) >= 11 is 0. The van der Waals surface area contributed by atoms with Crippen molar-refractivity contribution in [2.45, 2.75) is 19.4 Å². The van der Waals surface area contributed by atoms with Crippen LogP contribution >= 0.6 is 0 Å². The topological polar surface area (TPSA) is 35.5 Å². The third kappa shape index (κ3) is 1.22. The molecule has 0 aromatic rings. The van der Waals surface area contributed by atoms with Crippen molar-refractivity contribution in [1.82, 2.24) is 0 Å². The molecule has 0 radical (unpaired) electrons. The standard InChI is InChI=1S/C9H10O3/c1-6-2-3-7-8(4-6)11-5-9(10)12-7/h2,4,7H,3,5H2,1H3. The van der Waals surface area contributed by atoms with E-state index in [2.05, 4.69) is 0 Å². The van der Waals surface area contributed by atoms with Gasteiger partial charge in [-0.15, -0.1) is 0 Å². The molecule has 0 saturated carbocycles. The van der Waals surface area contributed by atoms with Crippen LogP contribution in [-0.2, 0) is 14.3 Å². The van der Waals surface area contributed by atoms with Crippen molar-refractivity contribution in [2.75, 3.05) is 6.61 Å². The van der Waals surface area contributed by atoms with Gasteiger partial charge in [0, 0.05) is 6.42 Å². The zero-order valence-electron chi connectivity index (χ0n) is 6.87. The van der Waals surface area contributed by atoms with Gasteiger partial charge in [-0.1, -0.05) is 11.6 Å². The Balaban J connectivity index is 2.18. The molecule has 1 fully saturated rings. The highest BCUT2D eigenvalue weighted by molar-refractivity contribution is 5.72. The van der Waals surface area contributed by atoms with E-state index in [1.807, 2.05) is 19.1 Å². The van der Waals surface area contributed by atoms with Crippen molar-refractivity contribution in [3.8, 4) is 0 Å². The smallest absolute Gasteiger partial charge is 0.344 e. The number of hydrogen-bond donors (Lipinski definition) is 0. The lowest BCUT2D eigenvalue weighted by atomic mass is 10.0. The second-order valence-electron chi connectivity index (χ2n) is 3.00. The van der Waals surface area contributed by atoms with Crippen LogP contribution in [0, 0.1) is 0 Å². The van der Waals surface area contributed by atoms with Gasteiger partial charge in [0.25, 0.3) is 0 Å². The summed E-state index contributed by atoms with van der Waals surface area (Å²) in [4.78, 5) is 10.8. The first-order chi connectivity index (χ1) is 5.75. The van der Waals surface area contributed by atoms with Crippen LogP contribution in [0.2, 0.25) is 0 Å². The number of fused-ring (bicyclic) bond motifs is 1. The van der Waals surface area contributed by atoms with Gasteiger partial charge in [0.15, 0.2) is 12.7 Å². The minimum absolute atomic E-state index is 0.0512. The summed E-state index contributed by atoms with van der Waals surface area (Å²) in [6.07, 6.45) is 4.52. The van der Waals surface area contributed by atoms with Gasteiger partial charge in [-0.2, -0.15) is 0 Å². The monoisotopic (exact) mass is 166 g/mol. The van der Waals surface area contributed by atoms with Crippen molar-refractivity contribution in [2.24, 2.45) is 0 Å². The molecule has 1 aliphatic heterocycles. The predicted molar refractivity (Wildman–Crippen MR) is 42.3 cm³/mol. The SMILES string of the molecule is CC1=CCC2OC(=O)COC2=C1. The molecule has 1 saturated heterocycles. The Bertz CT molecular complexity index is 275.